The Kier molecular flexibility index (Phi) is 2.66. The summed E-state index contributed by atoms with van der Waals surface area (Å²) in [4.78, 5) is 10.8. The minimum Gasteiger partial charge on any atom is -0.507 e. The third-order valence-corrected chi connectivity index (χ3v) is 2.44. The van der Waals surface area contributed by atoms with Gasteiger partial charge in [0.15, 0.2) is 17.3 Å². The van der Waals surface area contributed by atoms with Gasteiger partial charge in [-0.15, -0.1) is 0 Å². The van der Waals surface area contributed by atoms with Crippen molar-refractivity contribution in [2.45, 2.75) is 0 Å². The molecule has 0 aliphatic rings. The van der Waals surface area contributed by atoms with Gasteiger partial charge in [-0.1, -0.05) is 0 Å². The van der Waals surface area contributed by atoms with Crippen LogP contribution in [0.2, 0.25) is 0 Å². The molecule has 2 aromatic rings. The van der Waals surface area contributed by atoms with Crippen molar-refractivity contribution in [2.24, 2.45) is 7.05 Å². The molecule has 94 valence electrons. The molecule has 2 rings (SSSR count). The molecule has 3 N–H and O–H groups in total. The number of hydrogen-bond donors (Lipinski definition) is 3. The van der Waals surface area contributed by atoms with Crippen LogP contribution in [0, 0.1) is 5.82 Å². The van der Waals surface area contributed by atoms with E-state index in [1.165, 1.54) is 17.8 Å². The van der Waals surface area contributed by atoms with E-state index < -0.39 is 23.3 Å². The maximum Gasteiger partial charge on any atom is 0.356 e. The molecule has 0 amide bonds. The van der Waals surface area contributed by atoms with Gasteiger partial charge in [-0.3, -0.25) is 4.68 Å². The maximum absolute atomic E-state index is 13.0. The number of phenolic OH excluding ortho intramolecular Hbond substituents is 2. The van der Waals surface area contributed by atoms with Crippen LogP contribution in [-0.2, 0) is 7.05 Å². The number of nitrogens with zero attached hydrogens (tertiary/aromatic N) is 2. The van der Waals surface area contributed by atoms with Crippen LogP contribution in [0.4, 0.5) is 4.39 Å². The van der Waals surface area contributed by atoms with Crippen LogP contribution in [-0.4, -0.2) is 31.1 Å². The lowest BCUT2D eigenvalue weighted by atomic mass is 10.1. The van der Waals surface area contributed by atoms with Crippen LogP contribution >= 0.6 is 0 Å². The number of benzene rings is 1. The highest BCUT2D eigenvalue weighted by atomic mass is 19.1. The topological polar surface area (TPSA) is 95.6 Å². The van der Waals surface area contributed by atoms with Crippen molar-refractivity contribution >= 4 is 5.97 Å². The fourth-order valence-corrected chi connectivity index (χ4v) is 1.58. The van der Waals surface area contributed by atoms with E-state index in [2.05, 4.69) is 5.10 Å². The zero-order chi connectivity index (χ0) is 13.4. The first-order chi connectivity index (χ1) is 8.40. The molecular formula is C11H9FN2O4. The van der Waals surface area contributed by atoms with Gasteiger partial charge in [0, 0.05) is 18.7 Å². The zero-order valence-corrected chi connectivity index (χ0v) is 9.25. The molecule has 0 spiro atoms. The molecule has 0 radical (unpaired) electrons. The van der Waals surface area contributed by atoms with E-state index in [1.54, 1.807) is 0 Å². The van der Waals surface area contributed by atoms with E-state index in [9.17, 15) is 19.4 Å². The van der Waals surface area contributed by atoms with Crippen LogP contribution in [0.25, 0.3) is 11.3 Å². The van der Waals surface area contributed by atoms with E-state index >= 15 is 0 Å². The number of halogens is 1. The summed E-state index contributed by atoms with van der Waals surface area (Å²) >= 11 is 0. The Labute approximate surface area is 101 Å². The first-order valence-electron chi connectivity index (χ1n) is 4.89. The molecule has 0 aliphatic carbocycles. The second-order valence-electron chi connectivity index (χ2n) is 3.66. The number of carboxylic acid groups (broad SMARTS) is 1. The summed E-state index contributed by atoms with van der Waals surface area (Å²) in [6.07, 6.45) is 0. The molecule has 6 nitrogen and oxygen atoms in total. The summed E-state index contributed by atoms with van der Waals surface area (Å²) in [5.41, 5.74) is 0.132. The standard InChI is InChI=1S/C11H9FN2O4/c1-14-8(4-7(13-14)11(17)18)5-2-10(16)6(12)3-9(5)15/h2-4,15-16H,1H3,(H,17,18). The summed E-state index contributed by atoms with van der Waals surface area (Å²) in [5.74, 6) is -3.23. The van der Waals surface area contributed by atoms with Crippen molar-refractivity contribution in [3.63, 3.8) is 0 Å². The molecule has 0 fully saturated rings. The summed E-state index contributed by atoms with van der Waals surface area (Å²) in [6.45, 7) is 0. The monoisotopic (exact) mass is 252 g/mol. The molecule has 1 heterocycles. The van der Waals surface area contributed by atoms with Gasteiger partial charge in [0.1, 0.15) is 5.75 Å². The fourth-order valence-electron chi connectivity index (χ4n) is 1.58. The average Bonchev–Trinajstić information content (AvgIpc) is 2.66. The predicted molar refractivity (Wildman–Crippen MR) is 58.9 cm³/mol. The lowest BCUT2D eigenvalue weighted by Gasteiger charge is -2.06. The summed E-state index contributed by atoms with van der Waals surface area (Å²) in [6, 6.07) is 2.97. The first kappa shape index (κ1) is 11.9. The number of aryl methyl sites for hydroxylation is 1. The SMILES string of the molecule is Cn1nc(C(=O)O)cc1-c1cc(O)c(F)cc1O. The van der Waals surface area contributed by atoms with Crippen molar-refractivity contribution in [1.29, 1.82) is 0 Å². The van der Waals surface area contributed by atoms with Crippen LogP contribution in [0.1, 0.15) is 10.5 Å². The van der Waals surface area contributed by atoms with Gasteiger partial charge in [-0.05, 0) is 12.1 Å². The molecular weight excluding hydrogens is 243 g/mol. The predicted octanol–water partition coefficient (Wildman–Crippen LogP) is 1.34. The minimum absolute atomic E-state index is 0.0939. The average molecular weight is 252 g/mol. The Morgan fingerprint density at radius 1 is 1.28 bits per heavy atom. The van der Waals surface area contributed by atoms with E-state index in [0.29, 0.717) is 0 Å². The molecule has 0 aliphatic heterocycles. The Bertz CT molecular complexity index is 636. The van der Waals surface area contributed by atoms with Crippen LogP contribution in [0.5, 0.6) is 11.5 Å². The lowest BCUT2D eigenvalue weighted by Crippen LogP contribution is -1.99. The second-order valence-corrected chi connectivity index (χ2v) is 3.66. The first-order valence-corrected chi connectivity index (χ1v) is 4.89. The molecule has 0 bridgehead atoms. The smallest absolute Gasteiger partial charge is 0.356 e. The van der Waals surface area contributed by atoms with Crippen LogP contribution < -0.4 is 0 Å². The number of rotatable bonds is 2. The van der Waals surface area contributed by atoms with Crippen molar-refractivity contribution < 1.29 is 24.5 Å². The third kappa shape index (κ3) is 1.86. The molecule has 0 unspecified atom stereocenters. The van der Waals surface area contributed by atoms with Gasteiger partial charge < -0.3 is 15.3 Å². The molecule has 0 atom stereocenters. The largest absolute Gasteiger partial charge is 0.507 e. The van der Waals surface area contributed by atoms with E-state index in [0.717, 1.165) is 12.1 Å². The number of aromatic nitrogens is 2. The Hall–Kier alpha value is -2.57. The number of carboxylic acids is 1. The van der Waals surface area contributed by atoms with Gasteiger partial charge >= 0.3 is 5.97 Å². The van der Waals surface area contributed by atoms with Crippen molar-refractivity contribution in [1.82, 2.24) is 9.78 Å². The highest BCUT2D eigenvalue weighted by molar-refractivity contribution is 5.87. The molecule has 1 aromatic carbocycles. The number of aromatic hydroxyl groups is 2. The number of aromatic carboxylic acids is 1. The Morgan fingerprint density at radius 2 is 1.94 bits per heavy atom. The van der Waals surface area contributed by atoms with Crippen molar-refractivity contribution in [2.75, 3.05) is 0 Å². The Morgan fingerprint density at radius 3 is 2.50 bits per heavy atom. The van der Waals surface area contributed by atoms with Gasteiger partial charge in [0.25, 0.3) is 0 Å². The second kappa shape index (κ2) is 4.02. The zero-order valence-electron chi connectivity index (χ0n) is 9.25. The highest BCUT2D eigenvalue weighted by Crippen LogP contribution is 2.34. The van der Waals surface area contributed by atoms with E-state index in [4.69, 9.17) is 5.11 Å². The van der Waals surface area contributed by atoms with E-state index in [1.807, 2.05) is 0 Å². The quantitative estimate of drug-likeness (QED) is 0.701. The van der Waals surface area contributed by atoms with E-state index in [-0.39, 0.29) is 17.0 Å². The van der Waals surface area contributed by atoms with Gasteiger partial charge in [0.05, 0.1) is 5.69 Å². The lowest BCUT2D eigenvalue weighted by molar-refractivity contribution is 0.0689. The molecule has 18 heavy (non-hydrogen) atoms. The summed E-state index contributed by atoms with van der Waals surface area (Å²) in [7, 11) is 1.47. The van der Waals surface area contributed by atoms with Gasteiger partial charge in [-0.25, -0.2) is 9.18 Å². The number of carbonyl (C=O) groups is 1. The number of hydrogen-bond acceptors (Lipinski definition) is 4. The summed E-state index contributed by atoms with van der Waals surface area (Å²) in [5, 5.41) is 31.4. The van der Waals surface area contributed by atoms with Crippen LogP contribution in [0.15, 0.2) is 18.2 Å². The maximum atomic E-state index is 13.0. The fraction of sp³-hybridized carbons (Fsp3) is 0.0909. The van der Waals surface area contributed by atoms with Crippen molar-refractivity contribution in [3.8, 4) is 22.8 Å². The number of phenols is 2. The molecule has 0 saturated heterocycles. The highest BCUT2D eigenvalue weighted by Gasteiger charge is 2.17. The minimum atomic E-state index is -1.22. The molecule has 7 heteroatoms. The van der Waals surface area contributed by atoms with Gasteiger partial charge in [0.2, 0.25) is 0 Å². The summed E-state index contributed by atoms with van der Waals surface area (Å²) < 4.78 is 14.2. The van der Waals surface area contributed by atoms with Crippen LogP contribution in [0.3, 0.4) is 0 Å². The normalized spacial score (nSPS) is 10.6. The molecule has 1 aromatic heterocycles. The Balaban J connectivity index is 2.62. The van der Waals surface area contributed by atoms with Gasteiger partial charge in [-0.2, -0.15) is 5.10 Å². The van der Waals surface area contributed by atoms with Crippen molar-refractivity contribution in [3.05, 3.63) is 29.7 Å². The third-order valence-electron chi connectivity index (χ3n) is 2.44. The molecule has 0 saturated carbocycles.